The molecular weight excluding hydrogens is 363 g/mol. The normalized spacial score (nSPS) is 11.4. The van der Waals surface area contributed by atoms with E-state index in [0.29, 0.717) is 22.6 Å². The first-order valence-corrected chi connectivity index (χ1v) is 7.80. The maximum Gasteiger partial charge on any atom is 0.573 e. The number of aryl methyl sites for hydroxylation is 1. The van der Waals surface area contributed by atoms with E-state index < -0.39 is 12.3 Å². The van der Waals surface area contributed by atoms with Gasteiger partial charge >= 0.3 is 12.3 Å². The summed E-state index contributed by atoms with van der Waals surface area (Å²) in [5.41, 5.74) is 1.28. The molecule has 0 atom stereocenters. The van der Waals surface area contributed by atoms with E-state index in [9.17, 15) is 23.1 Å². The van der Waals surface area contributed by atoms with Gasteiger partial charge in [-0.3, -0.25) is 4.98 Å². The number of nitrogens with zero attached hydrogens (tertiary/aromatic N) is 3. The van der Waals surface area contributed by atoms with E-state index in [1.165, 1.54) is 29.0 Å². The Morgan fingerprint density at radius 3 is 2.67 bits per heavy atom. The molecule has 0 spiro atoms. The van der Waals surface area contributed by atoms with Crippen molar-refractivity contribution in [2.45, 2.75) is 19.8 Å². The summed E-state index contributed by atoms with van der Waals surface area (Å²) < 4.78 is 42.7. The highest BCUT2D eigenvalue weighted by Gasteiger charge is 2.31. The lowest BCUT2D eigenvalue weighted by Gasteiger charge is -2.13. The van der Waals surface area contributed by atoms with Crippen molar-refractivity contribution in [3.63, 3.8) is 0 Å². The van der Waals surface area contributed by atoms with Crippen LogP contribution in [-0.2, 0) is 6.54 Å². The van der Waals surface area contributed by atoms with Crippen LogP contribution in [0.1, 0.15) is 21.7 Å². The van der Waals surface area contributed by atoms with E-state index in [1.807, 2.05) is 0 Å². The number of hydrogen-bond donors (Lipinski definition) is 1. The maximum absolute atomic E-state index is 12.4. The number of imidazole rings is 1. The molecule has 2 heterocycles. The molecule has 140 valence electrons. The highest BCUT2D eigenvalue weighted by Crippen LogP contribution is 2.26. The number of hydrogen-bond acceptors (Lipinski definition) is 4. The van der Waals surface area contributed by atoms with E-state index in [-0.39, 0.29) is 18.0 Å². The Morgan fingerprint density at radius 1 is 1.26 bits per heavy atom. The number of benzene rings is 1. The van der Waals surface area contributed by atoms with Crippen molar-refractivity contribution in [3.05, 3.63) is 65.7 Å². The Labute approximate surface area is 151 Å². The molecule has 0 fully saturated rings. The molecule has 3 rings (SSSR count). The molecule has 0 bridgehead atoms. The van der Waals surface area contributed by atoms with Gasteiger partial charge in [0.1, 0.15) is 11.6 Å². The first-order valence-electron chi connectivity index (χ1n) is 7.80. The molecule has 0 saturated heterocycles. The highest BCUT2D eigenvalue weighted by atomic mass is 19.4. The molecule has 0 amide bonds. The van der Waals surface area contributed by atoms with Gasteiger partial charge in [0, 0.05) is 18.0 Å². The van der Waals surface area contributed by atoms with Gasteiger partial charge in [0.05, 0.1) is 12.2 Å². The monoisotopic (exact) mass is 377 g/mol. The summed E-state index contributed by atoms with van der Waals surface area (Å²) in [6.07, 6.45) is -1.70. The van der Waals surface area contributed by atoms with Crippen molar-refractivity contribution in [1.82, 2.24) is 14.5 Å². The average Bonchev–Trinajstić information content (AvgIpc) is 2.91. The van der Waals surface area contributed by atoms with Gasteiger partial charge < -0.3 is 14.4 Å². The fourth-order valence-corrected chi connectivity index (χ4v) is 2.74. The maximum atomic E-state index is 12.4. The molecule has 3 aromatic rings. The van der Waals surface area contributed by atoms with Crippen LogP contribution in [0.25, 0.3) is 11.4 Å². The zero-order chi connectivity index (χ0) is 19.6. The largest absolute Gasteiger partial charge is 0.573 e. The van der Waals surface area contributed by atoms with Crippen LogP contribution in [0.2, 0.25) is 0 Å². The molecule has 0 radical (unpaired) electrons. The van der Waals surface area contributed by atoms with E-state index in [1.54, 1.807) is 31.3 Å². The zero-order valence-electron chi connectivity index (χ0n) is 14.1. The number of pyridine rings is 1. The van der Waals surface area contributed by atoms with Gasteiger partial charge in [0.25, 0.3) is 0 Å². The number of ether oxygens (including phenoxy) is 1. The van der Waals surface area contributed by atoms with Crippen LogP contribution < -0.4 is 4.74 Å². The van der Waals surface area contributed by atoms with Gasteiger partial charge in [-0.1, -0.05) is 12.1 Å². The van der Waals surface area contributed by atoms with E-state index >= 15 is 0 Å². The zero-order valence-corrected chi connectivity index (χ0v) is 14.1. The lowest BCUT2D eigenvalue weighted by atomic mass is 10.2. The number of carboxylic acid groups (broad SMARTS) is 1. The Kier molecular flexibility index (Phi) is 4.85. The number of alkyl halides is 3. The molecular formula is C18H14F3N3O3. The van der Waals surface area contributed by atoms with Gasteiger partial charge in [0.2, 0.25) is 0 Å². The van der Waals surface area contributed by atoms with Crippen molar-refractivity contribution in [2.24, 2.45) is 0 Å². The van der Waals surface area contributed by atoms with Crippen molar-refractivity contribution in [3.8, 4) is 17.1 Å². The highest BCUT2D eigenvalue weighted by molar-refractivity contribution is 5.88. The first-order chi connectivity index (χ1) is 12.7. The second-order valence-corrected chi connectivity index (χ2v) is 5.70. The smallest absolute Gasteiger partial charge is 0.477 e. The molecule has 2 aromatic heterocycles. The molecule has 0 aliphatic carbocycles. The third kappa shape index (κ3) is 4.25. The molecule has 1 aromatic carbocycles. The number of aromatic nitrogens is 3. The third-order valence-electron chi connectivity index (χ3n) is 3.74. The molecule has 0 saturated carbocycles. The minimum absolute atomic E-state index is 0.00174. The molecule has 6 nitrogen and oxygen atoms in total. The van der Waals surface area contributed by atoms with Crippen molar-refractivity contribution < 1.29 is 27.8 Å². The van der Waals surface area contributed by atoms with Crippen LogP contribution in [-0.4, -0.2) is 32.0 Å². The molecule has 1 N–H and O–H groups in total. The summed E-state index contributed by atoms with van der Waals surface area (Å²) in [5.74, 6) is -1.20. The molecule has 0 unspecified atom stereocenters. The Balaban J connectivity index is 2.04. The van der Waals surface area contributed by atoms with Crippen molar-refractivity contribution in [1.29, 1.82) is 0 Å². The second kappa shape index (κ2) is 7.10. The van der Waals surface area contributed by atoms with Gasteiger partial charge in [-0.25, -0.2) is 9.78 Å². The van der Waals surface area contributed by atoms with E-state index in [4.69, 9.17) is 0 Å². The lowest BCUT2D eigenvalue weighted by Crippen LogP contribution is -2.17. The second-order valence-electron chi connectivity index (χ2n) is 5.70. The van der Waals surface area contributed by atoms with Crippen LogP contribution in [0, 0.1) is 6.92 Å². The van der Waals surface area contributed by atoms with Crippen LogP contribution >= 0.6 is 0 Å². The SMILES string of the molecule is Cc1nc(-c2cccnc2)n(Cc2cccc(OC(F)(F)F)c2)c1C(=O)O. The summed E-state index contributed by atoms with van der Waals surface area (Å²) in [7, 11) is 0. The molecule has 0 aliphatic rings. The number of rotatable bonds is 5. The summed E-state index contributed by atoms with van der Waals surface area (Å²) in [6, 6.07) is 8.78. The molecule has 27 heavy (non-hydrogen) atoms. The molecule has 0 aliphatic heterocycles. The Hall–Kier alpha value is -3.36. The average molecular weight is 377 g/mol. The van der Waals surface area contributed by atoms with Gasteiger partial charge in [-0.15, -0.1) is 13.2 Å². The summed E-state index contributed by atoms with van der Waals surface area (Å²) in [5, 5.41) is 9.54. The third-order valence-corrected chi connectivity index (χ3v) is 3.74. The van der Waals surface area contributed by atoms with Crippen LogP contribution in [0.15, 0.2) is 48.8 Å². The Bertz CT molecular complexity index is 969. The summed E-state index contributed by atoms with van der Waals surface area (Å²) in [6.45, 7) is 1.56. The number of aromatic carboxylic acids is 1. The van der Waals surface area contributed by atoms with E-state index in [0.717, 1.165) is 0 Å². The van der Waals surface area contributed by atoms with Crippen molar-refractivity contribution in [2.75, 3.05) is 0 Å². The van der Waals surface area contributed by atoms with Gasteiger partial charge in [0.15, 0.2) is 5.69 Å². The standard InChI is InChI=1S/C18H14F3N3O3/c1-11-15(17(25)26)24(16(23-11)13-5-3-7-22-9-13)10-12-4-2-6-14(8-12)27-18(19,20)21/h2-9H,10H2,1H3,(H,25,26). The summed E-state index contributed by atoms with van der Waals surface area (Å²) >= 11 is 0. The topological polar surface area (TPSA) is 77.2 Å². The minimum Gasteiger partial charge on any atom is -0.477 e. The summed E-state index contributed by atoms with van der Waals surface area (Å²) in [4.78, 5) is 20.0. The number of halogens is 3. The van der Waals surface area contributed by atoms with Crippen LogP contribution in [0.5, 0.6) is 5.75 Å². The van der Waals surface area contributed by atoms with E-state index in [2.05, 4.69) is 14.7 Å². The molecule has 9 heteroatoms. The van der Waals surface area contributed by atoms with Gasteiger partial charge in [-0.2, -0.15) is 0 Å². The van der Waals surface area contributed by atoms with Crippen LogP contribution in [0.4, 0.5) is 13.2 Å². The number of carboxylic acids is 1. The number of carbonyl (C=O) groups is 1. The van der Waals surface area contributed by atoms with Gasteiger partial charge in [-0.05, 0) is 36.8 Å². The quantitative estimate of drug-likeness (QED) is 0.730. The fraction of sp³-hybridized carbons (Fsp3) is 0.167. The first kappa shape index (κ1) is 18.4. The minimum atomic E-state index is -4.81. The Morgan fingerprint density at radius 2 is 2.04 bits per heavy atom. The van der Waals surface area contributed by atoms with Crippen LogP contribution in [0.3, 0.4) is 0 Å². The predicted molar refractivity (Wildman–Crippen MR) is 89.4 cm³/mol. The predicted octanol–water partition coefficient (Wildman–Crippen LogP) is 3.90. The fourth-order valence-electron chi connectivity index (χ4n) is 2.74. The lowest BCUT2D eigenvalue weighted by molar-refractivity contribution is -0.274. The van der Waals surface area contributed by atoms with Crippen molar-refractivity contribution >= 4 is 5.97 Å².